The summed E-state index contributed by atoms with van der Waals surface area (Å²) in [6.07, 6.45) is 6.39. The molecule has 0 aromatic heterocycles. The molecule has 1 aromatic carbocycles. The van der Waals surface area contributed by atoms with Crippen LogP contribution in [0.4, 0.5) is 5.69 Å². The predicted octanol–water partition coefficient (Wildman–Crippen LogP) is 3.43. The Labute approximate surface area is 129 Å². The molecule has 2 unspecified atom stereocenters. The van der Waals surface area contributed by atoms with Gasteiger partial charge in [0.05, 0.1) is 11.6 Å². The van der Waals surface area contributed by atoms with Crippen LogP contribution in [-0.2, 0) is 0 Å². The molecule has 3 nitrogen and oxygen atoms in total. The largest absolute Gasteiger partial charge is 0.367 e. The Morgan fingerprint density at radius 1 is 1.20 bits per heavy atom. The highest BCUT2D eigenvalue weighted by atomic mass is 79.9. The number of nitrogens with one attached hydrogen (secondary N) is 1. The summed E-state index contributed by atoms with van der Waals surface area (Å²) in [5.41, 5.74) is 1.92. The number of rotatable bonds is 2. The van der Waals surface area contributed by atoms with Gasteiger partial charge in [-0.05, 0) is 56.8 Å². The van der Waals surface area contributed by atoms with Crippen molar-refractivity contribution in [2.45, 2.75) is 44.2 Å². The molecule has 2 atom stereocenters. The number of anilines is 1. The molecule has 0 aliphatic carbocycles. The fourth-order valence-corrected chi connectivity index (χ4v) is 4.02. The van der Waals surface area contributed by atoms with Gasteiger partial charge in [-0.25, -0.2) is 0 Å². The van der Waals surface area contributed by atoms with Crippen LogP contribution >= 0.6 is 15.9 Å². The number of nitriles is 1. The van der Waals surface area contributed by atoms with E-state index in [0.29, 0.717) is 12.1 Å². The monoisotopic (exact) mass is 333 g/mol. The van der Waals surface area contributed by atoms with Crippen molar-refractivity contribution in [1.82, 2.24) is 5.32 Å². The molecule has 2 aliphatic rings. The van der Waals surface area contributed by atoms with Crippen molar-refractivity contribution < 1.29 is 0 Å². The standard InChI is InChI=1S/C16H20BrN3/c17-13-8-12(11-18)9-14(10-13)20-7-2-1-5-16(20)15-4-3-6-19-15/h8-10,15-16,19H,1-7H2. The third kappa shape index (κ3) is 2.84. The summed E-state index contributed by atoms with van der Waals surface area (Å²) in [7, 11) is 0. The lowest BCUT2D eigenvalue weighted by Gasteiger charge is -2.41. The molecular weight excluding hydrogens is 314 g/mol. The predicted molar refractivity (Wildman–Crippen MR) is 84.9 cm³/mol. The van der Waals surface area contributed by atoms with Crippen LogP contribution in [0.3, 0.4) is 0 Å². The minimum Gasteiger partial charge on any atom is -0.367 e. The zero-order chi connectivity index (χ0) is 13.9. The van der Waals surface area contributed by atoms with Gasteiger partial charge in [0.1, 0.15) is 0 Å². The van der Waals surface area contributed by atoms with Gasteiger partial charge in [0.15, 0.2) is 0 Å². The molecule has 2 saturated heterocycles. The van der Waals surface area contributed by atoms with Crippen molar-refractivity contribution in [2.75, 3.05) is 18.0 Å². The molecular formula is C16H20BrN3. The summed E-state index contributed by atoms with van der Waals surface area (Å²) >= 11 is 3.53. The van der Waals surface area contributed by atoms with Crippen molar-refractivity contribution >= 4 is 21.6 Å². The maximum absolute atomic E-state index is 9.16. The molecule has 1 aromatic rings. The average Bonchev–Trinajstić information content (AvgIpc) is 3.00. The van der Waals surface area contributed by atoms with Gasteiger partial charge < -0.3 is 10.2 Å². The molecule has 0 radical (unpaired) electrons. The van der Waals surface area contributed by atoms with Crippen LogP contribution < -0.4 is 10.2 Å². The second-order valence-corrected chi connectivity index (χ2v) is 6.68. The first kappa shape index (κ1) is 13.9. The fourth-order valence-electron chi connectivity index (χ4n) is 3.54. The number of benzene rings is 1. The Morgan fingerprint density at radius 2 is 2.10 bits per heavy atom. The van der Waals surface area contributed by atoms with Crippen LogP contribution in [0.1, 0.15) is 37.7 Å². The van der Waals surface area contributed by atoms with Crippen LogP contribution in [0.25, 0.3) is 0 Å². The van der Waals surface area contributed by atoms with Crippen LogP contribution in [0.15, 0.2) is 22.7 Å². The van der Waals surface area contributed by atoms with Crippen molar-refractivity contribution in [2.24, 2.45) is 0 Å². The van der Waals surface area contributed by atoms with E-state index < -0.39 is 0 Å². The molecule has 4 heteroatoms. The van der Waals surface area contributed by atoms with Gasteiger partial charge in [-0.1, -0.05) is 15.9 Å². The Kier molecular flexibility index (Phi) is 4.28. The first-order valence-electron chi connectivity index (χ1n) is 7.48. The zero-order valence-corrected chi connectivity index (χ0v) is 13.2. The summed E-state index contributed by atoms with van der Waals surface area (Å²) in [4.78, 5) is 2.51. The van der Waals surface area contributed by atoms with Gasteiger partial charge in [0.2, 0.25) is 0 Å². The molecule has 3 rings (SSSR count). The van der Waals surface area contributed by atoms with Crippen LogP contribution in [-0.4, -0.2) is 25.2 Å². The Morgan fingerprint density at radius 3 is 2.85 bits per heavy atom. The second-order valence-electron chi connectivity index (χ2n) is 5.77. The molecule has 0 amide bonds. The third-order valence-electron chi connectivity index (χ3n) is 4.46. The summed E-state index contributed by atoms with van der Waals surface area (Å²) in [6.45, 7) is 2.25. The number of piperidine rings is 1. The smallest absolute Gasteiger partial charge is 0.0992 e. The van der Waals surface area contributed by atoms with E-state index in [1.54, 1.807) is 0 Å². The maximum atomic E-state index is 9.16. The zero-order valence-electron chi connectivity index (χ0n) is 11.6. The molecule has 2 heterocycles. The van der Waals surface area contributed by atoms with Crippen molar-refractivity contribution in [1.29, 1.82) is 5.26 Å². The molecule has 1 N–H and O–H groups in total. The molecule has 0 bridgehead atoms. The lowest BCUT2D eigenvalue weighted by molar-refractivity contribution is 0.378. The Balaban J connectivity index is 1.89. The lowest BCUT2D eigenvalue weighted by atomic mass is 9.93. The molecule has 0 spiro atoms. The van der Waals surface area contributed by atoms with Gasteiger partial charge in [-0.15, -0.1) is 0 Å². The van der Waals surface area contributed by atoms with Gasteiger partial charge in [-0.3, -0.25) is 0 Å². The topological polar surface area (TPSA) is 39.1 Å². The van der Waals surface area contributed by atoms with E-state index in [0.717, 1.165) is 23.1 Å². The SMILES string of the molecule is N#Cc1cc(Br)cc(N2CCCCC2C2CCCN2)c1. The van der Waals surface area contributed by atoms with Crippen molar-refractivity contribution in [3.8, 4) is 6.07 Å². The first-order chi connectivity index (χ1) is 9.78. The van der Waals surface area contributed by atoms with Crippen LogP contribution in [0, 0.1) is 11.3 Å². The van der Waals surface area contributed by atoms with E-state index in [1.807, 2.05) is 12.1 Å². The number of halogens is 1. The van der Waals surface area contributed by atoms with E-state index in [2.05, 4.69) is 38.3 Å². The Hall–Kier alpha value is -1.05. The van der Waals surface area contributed by atoms with Crippen molar-refractivity contribution in [3.05, 3.63) is 28.2 Å². The highest BCUT2D eigenvalue weighted by Crippen LogP contribution is 2.31. The maximum Gasteiger partial charge on any atom is 0.0992 e. The van der Waals surface area contributed by atoms with Gasteiger partial charge in [-0.2, -0.15) is 5.26 Å². The van der Waals surface area contributed by atoms with E-state index >= 15 is 0 Å². The highest BCUT2D eigenvalue weighted by molar-refractivity contribution is 9.10. The summed E-state index contributed by atoms with van der Waals surface area (Å²) < 4.78 is 0.996. The van der Waals surface area contributed by atoms with Gasteiger partial charge in [0, 0.05) is 28.8 Å². The van der Waals surface area contributed by atoms with Gasteiger partial charge >= 0.3 is 0 Å². The van der Waals surface area contributed by atoms with E-state index in [-0.39, 0.29) is 0 Å². The summed E-state index contributed by atoms with van der Waals surface area (Å²) in [5, 5.41) is 12.8. The normalized spacial score (nSPS) is 26.5. The number of hydrogen-bond donors (Lipinski definition) is 1. The molecule has 106 valence electrons. The quantitative estimate of drug-likeness (QED) is 0.901. The molecule has 20 heavy (non-hydrogen) atoms. The van der Waals surface area contributed by atoms with Crippen LogP contribution in [0.2, 0.25) is 0 Å². The highest BCUT2D eigenvalue weighted by Gasteiger charge is 2.31. The minimum absolute atomic E-state index is 0.576. The average molecular weight is 334 g/mol. The molecule has 2 fully saturated rings. The lowest BCUT2D eigenvalue weighted by Crippen LogP contribution is -2.50. The third-order valence-corrected chi connectivity index (χ3v) is 4.91. The molecule has 0 saturated carbocycles. The van der Waals surface area contributed by atoms with Crippen LogP contribution in [0.5, 0.6) is 0 Å². The number of nitrogens with zero attached hydrogens (tertiary/aromatic N) is 2. The van der Waals surface area contributed by atoms with E-state index in [1.165, 1.54) is 37.8 Å². The fraction of sp³-hybridized carbons (Fsp3) is 0.562. The first-order valence-corrected chi connectivity index (χ1v) is 8.28. The van der Waals surface area contributed by atoms with E-state index in [4.69, 9.17) is 5.26 Å². The summed E-state index contributed by atoms with van der Waals surface area (Å²) in [5.74, 6) is 0. The van der Waals surface area contributed by atoms with Gasteiger partial charge in [0.25, 0.3) is 0 Å². The Bertz CT molecular complexity index is 517. The number of hydrogen-bond acceptors (Lipinski definition) is 3. The summed E-state index contributed by atoms with van der Waals surface area (Å²) in [6, 6.07) is 9.50. The second kappa shape index (κ2) is 6.15. The van der Waals surface area contributed by atoms with E-state index in [9.17, 15) is 0 Å². The van der Waals surface area contributed by atoms with Crippen molar-refractivity contribution in [3.63, 3.8) is 0 Å². The molecule has 2 aliphatic heterocycles. The minimum atomic E-state index is 0.576.